The maximum Gasteiger partial charge on any atom is 0.251 e. The van der Waals surface area contributed by atoms with Crippen molar-refractivity contribution in [2.45, 2.75) is 18.6 Å². The number of carbonyl (C=O) groups is 2. The highest BCUT2D eigenvalue weighted by Crippen LogP contribution is 2.32. The van der Waals surface area contributed by atoms with Gasteiger partial charge >= 0.3 is 0 Å². The lowest BCUT2D eigenvalue weighted by Crippen LogP contribution is -2.51. The Hall–Kier alpha value is -2.32. The zero-order chi connectivity index (χ0) is 16.2. The van der Waals surface area contributed by atoms with Crippen LogP contribution in [0, 0.1) is 0 Å². The van der Waals surface area contributed by atoms with Crippen molar-refractivity contribution in [1.29, 1.82) is 0 Å². The van der Waals surface area contributed by atoms with Crippen LogP contribution in [0.1, 0.15) is 16.8 Å². The van der Waals surface area contributed by atoms with Crippen LogP contribution >= 0.6 is 0 Å². The summed E-state index contributed by atoms with van der Waals surface area (Å²) in [6.07, 6.45) is 0.272. The highest BCUT2D eigenvalue weighted by atomic mass is 16.7. The second kappa shape index (κ2) is 6.84. The lowest BCUT2D eigenvalue weighted by molar-refractivity contribution is -0.128. The summed E-state index contributed by atoms with van der Waals surface area (Å²) in [5.41, 5.74) is 5.54. The molecule has 124 valence electrons. The van der Waals surface area contributed by atoms with Gasteiger partial charge in [-0.15, -0.1) is 0 Å². The molecule has 1 aromatic rings. The predicted molar refractivity (Wildman–Crippen MR) is 78.2 cm³/mol. The minimum absolute atomic E-state index is 0.153. The molecule has 2 aliphatic rings. The van der Waals surface area contributed by atoms with Crippen LogP contribution in [0.4, 0.5) is 0 Å². The van der Waals surface area contributed by atoms with E-state index in [1.54, 1.807) is 18.2 Å². The van der Waals surface area contributed by atoms with Gasteiger partial charge in [0.25, 0.3) is 5.91 Å². The number of hydrogen-bond donors (Lipinski definition) is 2. The monoisotopic (exact) mass is 322 g/mol. The van der Waals surface area contributed by atoms with Gasteiger partial charge in [-0.05, 0) is 24.6 Å². The third-order valence-electron chi connectivity index (χ3n) is 3.68. The molecule has 23 heavy (non-hydrogen) atoms. The van der Waals surface area contributed by atoms with E-state index in [2.05, 4.69) is 5.32 Å². The van der Waals surface area contributed by atoms with Crippen LogP contribution in [0.25, 0.3) is 0 Å². The van der Waals surface area contributed by atoms with Gasteiger partial charge in [0.1, 0.15) is 6.61 Å². The Morgan fingerprint density at radius 1 is 1.30 bits per heavy atom. The molecule has 0 aromatic heterocycles. The molecule has 0 saturated carbocycles. The van der Waals surface area contributed by atoms with Crippen LogP contribution in [0.2, 0.25) is 0 Å². The summed E-state index contributed by atoms with van der Waals surface area (Å²) in [7, 11) is 0. The molecule has 2 aliphatic heterocycles. The fourth-order valence-corrected chi connectivity index (χ4v) is 2.53. The molecule has 0 spiro atoms. The second-order valence-electron chi connectivity index (χ2n) is 5.33. The van der Waals surface area contributed by atoms with Gasteiger partial charge in [0.05, 0.1) is 18.8 Å². The van der Waals surface area contributed by atoms with E-state index in [0.29, 0.717) is 36.7 Å². The molecular formula is C15H18N2O6. The lowest BCUT2D eigenvalue weighted by atomic mass is 10.1. The van der Waals surface area contributed by atoms with Crippen LogP contribution in [0.3, 0.4) is 0 Å². The summed E-state index contributed by atoms with van der Waals surface area (Å²) in [6, 6.07) is 4.63. The van der Waals surface area contributed by atoms with E-state index >= 15 is 0 Å². The Morgan fingerprint density at radius 3 is 2.96 bits per heavy atom. The summed E-state index contributed by atoms with van der Waals surface area (Å²) in [5.74, 6) is 0.341. The smallest absolute Gasteiger partial charge is 0.251 e. The molecule has 1 saturated heterocycles. The quantitative estimate of drug-likeness (QED) is 0.777. The molecule has 3 N–H and O–H groups in total. The minimum Gasteiger partial charge on any atom is -0.454 e. The van der Waals surface area contributed by atoms with Gasteiger partial charge in [0.2, 0.25) is 12.7 Å². The van der Waals surface area contributed by atoms with E-state index in [4.69, 9.17) is 24.7 Å². The van der Waals surface area contributed by atoms with Crippen LogP contribution in [0.5, 0.6) is 11.5 Å². The molecule has 0 unspecified atom stereocenters. The molecule has 3 rings (SSSR count). The third kappa shape index (κ3) is 3.72. The lowest BCUT2D eigenvalue weighted by Gasteiger charge is -2.31. The molecule has 1 aromatic carbocycles. The van der Waals surface area contributed by atoms with Gasteiger partial charge in [-0.1, -0.05) is 0 Å². The summed E-state index contributed by atoms with van der Waals surface area (Å²) in [5, 5.41) is 2.86. The zero-order valence-electron chi connectivity index (χ0n) is 12.4. The first kappa shape index (κ1) is 15.6. The van der Waals surface area contributed by atoms with Gasteiger partial charge in [-0.25, -0.2) is 0 Å². The SMILES string of the molecule is NC(=O)CO[C@@H]1CCOC[C@@H]1NC(=O)c1ccc2c(c1)OCO2. The fraction of sp³-hybridized carbons (Fsp3) is 0.467. The zero-order valence-corrected chi connectivity index (χ0v) is 12.4. The molecule has 0 radical (unpaired) electrons. The highest BCUT2D eigenvalue weighted by molar-refractivity contribution is 5.95. The first-order chi connectivity index (χ1) is 11.1. The molecule has 2 heterocycles. The fourth-order valence-electron chi connectivity index (χ4n) is 2.53. The number of ether oxygens (including phenoxy) is 4. The summed E-state index contributed by atoms with van der Waals surface area (Å²) >= 11 is 0. The topological polar surface area (TPSA) is 109 Å². The summed E-state index contributed by atoms with van der Waals surface area (Å²) < 4.78 is 21.3. The Morgan fingerprint density at radius 2 is 2.13 bits per heavy atom. The van der Waals surface area contributed by atoms with Crippen molar-refractivity contribution in [3.63, 3.8) is 0 Å². The maximum absolute atomic E-state index is 12.4. The minimum atomic E-state index is -0.544. The first-order valence-electron chi connectivity index (χ1n) is 7.31. The van der Waals surface area contributed by atoms with E-state index in [9.17, 15) is 9.59 Å². The van der Waals surface area contributed by atoms with Crippen molar-refractivity contribution in [2.24, 2.45) is 5.73 Å². The van der Waals surface area contributed by atoms with Crippen molar-refractivity contribution in [2.75, 3.05) is 26.6 Å². The van der Waals surface area contributed by atoms with E-state index in [1.807, 2.05) is 0 Å². The number of fused-ring (bicyclic) bond motifs is 1. The number of primary amides is 1. The molecule has 2 atom stereocenters. The first-order valence-corrected chi connectivity index (χ1v) is 7.31. The number of carbonyl (C=O) groups excluding carboxylic acids is 2. The average molecular weight is 322 g/mol. The molecule has 0 bridgehead atoms. The third-order valence-corrected chi connectivity index (χ3v) is 3.68. The van der Waals surface area contributed by atoms with Crippen molar-refractivity contribution in [1.82, 2.24) is 5.32 Å². The van der Waals surface area contributed by atoms with Gasteiger partial charge in [-0.2, -0.15) is 0 Å². The van der Waals surface area contributed by atoms with Crippen molar-refractivity contribution in [3.8, 4) is 11.5 Å². The number of nitrogens with one attached hydrogen (secondary N) is 1. The Kier molecular flexibility index (Phi) is 4.63. The largest absolute Gasteiger partial charge is 0.454 e. The van der Waals surface area contributed by atoms with Crippen LogP contribution < -0.4 is 20.5 Å². The standard InChI is InChI=1S/C15H18N2O6/c16-14(18)7-21-11-3-4-20-6-10(11)17-15(19)9-1-2-12-13(5-9)23-8-22-12/h1-2,5,10-11H,3-4,6-8H2,(H2,16,18)(H,17,19)/t10-,11+/m0/s1. The van der Waals surface area contributed by atoms with E-state index in [0.717, 1.165) is 0 Å². The average Bonchev–Trinajstić information content (AvgIpc) is 3.01. The normalized spacial score (nSPS) is 22.6. The van der Waals surface area contributed by atoms with Gasteiger partial charge in [0.15, 0.2) is 11.5 Å². The van der Waals surface area contributed by atoms with Gasteiger partial charge in [0, 0.05) is 12.2 Å². The molecule has 2 amide bonds. The van der Waals surface area contributed by atoms with Crippen LogP contribution in [-0.4, -0.2) is 50.6 Å². The number of hydrogen-bond acceptors (Lipinski definition) is 6. The van der Waals surface area contributed by atoms with Crippen LogP contribution in [0.15, 0.2) is 18.2 Å². The molecule has 8 nitrogen and oxygen atoms in total. The Labute approximate surface area is 132 Å². The van der Waals surface area contributed by atoms with Crippen LogP contribution in [-0.2, 0) is 14.3 Å². The maximum atomic E-state index is 12.4. The van der Waals surface area contributed by atoms with Gasteiger partial charge < -0.3 is 30.0 Å². The highest BCUT2D eigenvalue weighted by Gasteiger charge is 2.29. The predicted octanol–water partition coefficient (Wildman–Crippen LogP) is -0.196. The summed E-state index contributed by atoms with van der Waals surface area (Å²) in [6.45, 7) is 0.806. The number of rotatable bonds is 5. The summed E-state index contributed by atoms with van der Waals surface area (Å²) in [4.78, 5) is 23.2. The van der Waals surface area contributed by atoms with E-state index in [-0.39, 0.29) is 31.5 Å². The Balaban J connectivity index is 1.64. The molecule has 0 aliphatic carbocycles. The number of benzene rings is 1. The number of nitrogens with two attached hydrogens (primary N) is 1. The Bertz CT molecular complexity index is 606. The molecule has 1 fully saturated rings. The van der Waals surface area contributed by atoms with E-state index in [1.165, 1.54) is 0 Å². The van der Waals surface area contributed by atoms with E-state index < -0.39 is 5.91 Å². The van der Waals surface area contributed by atoms with Crippen molar-refractivity contribution in [3.05, 3.63) is 23.8 Å². The van der Waals surface area contributed by atoms with Gasteiger partial charge in [-0.3, -0.25) is 9.59 Å². The van der Waals surface area contributed by atoms with Crippen molar-refractivity contribution < 1.29 is 28.5 Å². The number of amides is 2. The molecular weight excluding hydrogens is 304 g/mol. The van der Waals surface area contributed by atoms with Crippen molar-refractivity contribution >= 4 is 11.8 Å². The second-order valence-corrected chi connectivity index (χ2v) is 5.33. The molecule has 8 heteroatoms.